The average Bonchev–Trinajstić information content (AvgIpc) is 2.85. The van der Waals surface area contributed by atoms with Gasteiger partial charge in [-0.3, -0.25) is 4.98 Å². The highest BCUT2D eigenvalue weighted by Crippen LogP contribution is 2.29. The summed E-state index contributed by atoms with van der Waals surface area (Å²) in [5.41, 5.74) is 8.06. The zero-order valence-corrected chi connectivity index (χ0v) is 10.7. The molecule has 1 aliphatic rings. The summed E-state index contributed by atoms with van der Waals surface area (Å²) in [6.45, 7) is 3.20. The monoisotopic (exact) mass is 233 g/mol. The summed E-state index contributed by atoms with van der Waals surface area (Å²) in [4.78, 5) is 4.18. The van der Waals surface area contributed by atoms with Gasteiger partial charge in [0.15, 0.2) is 0 Å². The van der Waals surface area contributed by atoms with E-state index < -0.39 is 0 Å². The molecule has 0 aliphatic heterocycles. The van der Waals surface area contributed by atoms with Gasteiger partial charge in [-0.25, -0.2) is 0 Å². The fourth-order valence-electron chi connectivity index (χ4n) is 2.87. The SMILES string of the molecule is CCNC(Cc1cnccc1N)C1CCCC1. The largest absolute Gasteiger partial charge is 0.398 e. The zero-order valence-electron chi connectivity index (χ0n) is 10.7. The number of nitrogens with two attached hydrogens (primary N) is 1. The van der Waals surface area contributed by atoms with E-state index in [1.165, 1.54) is 31.2 Å². The molecule has 0 aromatic carbocycles. The molecule has 1 aromatic heterocycles. The molecule has 0 radical (unpaired) electrons. The van der Waals surface area contributed by atoms with Crippen molar-refractivity contribution in [3.8, 4) is 0 Å². The van der Waals surface area contributed by atoms with Crippen LogP contribution < -0.4 is 11.1 Å². The normalized spacial score (nSPS) is 18.4. The number of hydrogen-bond acceptors (Lipinski definition) is 3. The van der Waals surface area contributed by atoms with Crippen LogP contribution in [0, 0.1) is 5.92 Å². The van der Waals surface area contributed by atoms with Crippen LogP contribution in [0.1, 0.15) is 38.2 Å². The van der Waals surface area contributed by atoms with E-state index in [9.17, 15) is 0 Å². The van der Waals surface area contributed by atoms with Gasteiger partial charge < -0.3 is 11.1 Å². The van der Waals surface area contributed by atoms with Crippen molar-refractivity contribution >= 4 is 5.69 Å². The molecule has 1 saturated carbocycles. The van der Waals surface area contributed by atoms with Crippen molar-refractivity contribution in [2.75, 3.05) is 12.3 Å². The minimum atomic E-state index is 0.564. The Morgan fingerprint density at radius 2 is 2.24 bits per heavy atom. The van der Waals surface area contributed by atoms with E-state index in [0.717, 1.165) is 24.6 Å². The van der Waals surface area contributed by atoms with Crippen molar-refractivity contribution in [1.82, 2.24) is 10.3 Å². The molecule has 1 aliphatic carbocycles. The number of nitrogens with zero attached hydrogens (tertiary/aromatic N) is 1. The van der Waals surface area contributed by atoms with Gasteiger partial charge in [0, 0.05) is 24.1 Å². The molecule has 0 spiro atoms. The van der Waals surface area contributed by atoms with Gasteiger partial charge in [0.1, 0.15) is 0 Å². The number of rotatable bonds is 5. The summed E-state index contributed by atoms with van der Waals surface area (Å²) in [5.74, 6) is 0.814. The van der Waals surface area contributed by atoms with E-state index in [-0.39, 0.29) is 0 Å². The number of pyridine rings is 1. The standard InChI is InChI=1S/C14H23N3/c1-2-17-14(11-5-3-4-6-11)9-12-10-16-8-7-13(12)15/h7-8,10-11,14,17H,2-6,9H2,1H3,(H2,15,16). The molecule has 0 bridgehead atoms. The maximum Gasteiger partial charge on any atom is 0.0378 e. The second-order valence-electron chi connectivity index (χ2n) is 4.99. The van der Waals surface area contributed by atoms with Crippen LogP contribution in [0.25, 0.3) is 0 Å². The second kappa shape index (κ2) is 6.01. The summed E-state index contributed by atoms with van der Waals surface area (Å²) in [6, 6.07) is 2.46. The van der Waals surface area contributed by atoms with Gasteiger partial charge in [0.05, 0.1) is 0 Å². The van der Waals surface area contributed by atoms with Crippen molar-refractivity contribution in [2.45, 2.75) is 45.1 Å². The smallest absolute Gasteiger partial charge is 0.0378 e. The molecule has 3 nitrogen and oxygen atoms in total. The first-order chi connectivity index (χ1) is 8.31. The van der Waals surface area contributed by atoms with Crippen molar-refractivity contribution in [2.24, 2.45) is 5.92 Å². The Morgan fingerprint density at radius 3 is 2.88 bits per heavy atom. The Kier molecular flexibility index (Phi) is 4.37. The van der Waals surface area contributed by atoms with Gasteiger partial charge >= 0.3 is 0 Å². The Balaban J connectivity index is 2.04. The molecule has 3 N–H and O–H groups in total. The molecule has 94 valence electrons. The lowest BCUT2D eigenvalue weighted by atomic mass is 9.92. The molecular formula is C14H23N3. The van der Waals surface area contributed by atoms with E-state index in [4.69, 9.17) is 5.73 Å². The molecule has 1 fully saturated rings. The molecule has 1 atom stereocenters. The molecule has 3 heteroatoms. The Bertz CT molecular complexity index is 345. The lowest BCUT2D eigenvalue weighted by Gasteiger charge is -2.24. The van der Waals surface area contributed by atoms with E-state index >= 15 is 0 Å². The summed E-state index contributed by atoms with van der Waals surface area (Å²) in [6.07, 6.45) is 10.2. The topological polar surface area (TPSA) is 50.9 Å². The van der Waals surface area contributed by atoms with Crippen LogP contribution in [-0.4, -0.2) is 17.6 Å². The predicted octanol–water partition coefficient (Wildman–Crippen LogP) is 2.37. The Labute approximate surface area is 104 Å². The summed E-state index contributed by atoms with van der Waals surface area (Å²) < 4.78 is 0. The number of anilines is 1. The lowest BCUT2D eigenvalue weighted by Crippen LogP contribution is -2.37. The predicted molar refractivity (Wildman–Crippen MR) is 71.8 cm³/mol. The van der Waals surface area contributed by atoms with Crippen LogP contribution in [0.5, 0.6) is 0 Å². The number of aromatic nitrogens is 1. The van der Waals surface area contributed by atoms with E-state index in [2.05, 4.69) is 17.2 Å². The first-order valence-electron chi connectivity index (χ1n) is 6.73. The number of nitrogens with one attached hydrogen (secondary N) is 1. The van der Waals surface area contributed by atoms with Gasteiger partial charge in [-0.1, -0.05) is 19.8 Å². The average molecular weight is 233 g/mol. The molecule has 0 amide bonds. The number of likely N-dealkylation sites (N-methyl/N-ethyl adjacent to an activating group) is 1. The van der Waals surface area contributed by atoms with Crippen LogP contribution in [0.4, 0.5) is 5.69 Å². The van der Waals surface area contributed by atoms with Crippen LogP contribution in [0.2, 0.25) is 0 Å². The highest BCUT2D eigenvalue weighted by Gasteiger charge is 2.24. The van der Waals surface area contributed by atoms with Crippen molar-refractivity contribution in [1.29, 1.82) is 0 Å². The van der Waals surface area contributed by atoms with Crippen molar-refractivity contribution in [3.63, 3.8) is 0 Å². The molecular weight excluding hydrogens is 210 g/mol. The zero-order chi connectivity index (χ0) is 12.1. The van der Waals surface area contributed by atoms with Crippen molar-refractivity contribution in [3.05, 3.63) is 24.0 Å². The summed E-state index contributed by atoms with van der Waals surface area (Å²) in [5, 5.41) is 3.62. The van der Waals surface area contributed by atoms with Crippen LogP contribution >= 0.6 is 0 Å². The van der Waals surface area contributed by atoms with Crippen LogP contribution in [0.15, 0.2) is 18.5 Å². The number of nitrogen functional groups attached to an aromatic ring is 1. The third-order valence-electron chi connectivity index (χ3n) is 3.82. The number of hydrogen-bond donors (Lipinski definition) is 2. The Hall–Kier alpha value is -1.09. The summed E-state index contributed by atoms with van der Waals surface area (Å²) >= 11 is 0. The van der Waals surface area contributed by atoms with E-state index in [1.807, 2.05) is 12.3 Å². The van der Waals surface area contributed by atoms with E-state index in [0.29, 0.717) is 6.04 Å². The molecule has 1 unspecified atom stereocenters. The van der Waals surface area contributed by atoms with Gasteiger partial charge in [-0.15, -0.1) is 0 Å². The molecule has 1 heterocycles. The fraction of sp³-hybridized carbons (Fsp3) is 0.643. The lowest BCUT2D eigenvalue weighted by molar-refractivity contribution is 0.362. The second-order valence-corrected chi connectivity index (χ2v) is 4.99. The molecule has 1 aromatic rings. The minimum Gasteiger partial charge on any atom is -0.398 e. The first-order valence-corrected chi connectivity index (χ1v) is 6.73. The Morgan fingerprint density at radius 1 is 1.47 bits per heavy atom. The first kappa shape index (κ1) is 12.4. The highest BCUT2D eigenvalue weighted by molar-refractivity contribution is 5.44. The van der Waals surface area contributed by atoms with Crippen LogP contribution in [0.3, 0.4) is 0 Å². The van der Waals surface area contributed by atoms with Gasteiger partial charge in [0.25, 0.3) is 0 Å². The van der Waals surface area contributed by atoms with Crippen LogP contribution in [-0.2, 0) is 6.42 Å². The molecule has 0 saturated heterocycles. The van der Waals surface area contributed by atoms with Gasteiger partial charge in [-0.2, -0.15) is 0 Å². The van der Waals surface area contributed by atoms with Crippen molar-refractivity contribution < 1.29 is 0 Å². The van der Waals surface area contributed by atoms with E-state index in [1.54, 1.807) is 6.20 Å². The highest BCUT2D eigenvalue weighted by atomic mass is 14.9. The third-order valence-corrected chi connectivity index (χ3v) is 3.82. The summed E-state index contributed by atoms with van der Waals surface area (Å²) in [7, 11) is 0. The maximum atomic E-state index is 6.00. The fourth-order valence-corrected chi connectivity index (χ4v) is 2.87. The van der Waals surface area contributed by atoms with Gasteiger partial charge in [0.2, 0.25) is 0 Å². The quantitative estimate of drug-likeness (QED) is 0.821. The maximum absolute atomic E-state index is 6.00. The molecule has 17 heavy (non-hydrogen) atoms. The minimum absolute atomic E-state index is 0.564. The van der Waals surface area contributed by atoms with Gasteiger partial charge in [-0.05, 0) is 43.4 Å². The molecule has 2 rings (SSSR count). The third kappa shape index (κ3) is 3.19.